The van der Waals surface area contributed by atoms with Crippen molar-refractivity contribution in [3.8, 4) is 5.75 Å². The number of nitrogens with one attached hydrogen (secondary N) is 1. The highest BCUT2D eigenvalue weighted by atomic mass is 19.1. The number of halogens is 1. The predicted molar refractivity (Wildman–Crippen MR) is 101 cm³/mol. The van der Waals surface area contributed by atoms with Crippen LogP contribution in [0, 0.1) is 12.7 Å². The van der Waals surface area contributed by atoms with Gasteiger partial charge in [0.25, 0.3) is 5.91 Å². The summed E-state index contributed by atoms with van der Waals surface area (Å²) >= 11 is 0. The zero-order chi connectivity index (χ0) is 19.1. The lowest BCUT2D eigenvalue weighted by atomic mass is 10.0. The molecule has 5 nitrogen and oxygen atoms in total. The normalized spacial score (nSPS) is 15.9. The van der Waals surface area contributed by atoms with E-state index < -0.39 is 0 Å². The lowest BCUT2D eigenvalue weighted by Crippen LogP contribution is -2.44. The van der Waals surface area contributed by atoms with Crippen molar-refractivity contribution < 1.29 is 18.7 Å². The zero-order valence-corrected chi connectivity index (χ0v) is 15.5. The quantitative estimate of drug-likeness (QED) is 0.812. The van der Waals surface area contributed by atoms with Gasteiger partial charge in [-0.1, -0.05) is 29.8 Å². The van der Waals surface area contributed by atoms with Crippen LogP contribution in [0.15, 0.2) is 48.5 Å². The fraction of sp³-hybridized carbons (Fsp3) is 0.381. The molecule has 0 bridgehead atoms. The van der Waals surface area contributed by atoms with Gasteiger partial charge in [-0.15, -0.1) is 0 Å². The van der Waals surface area contributed by atoms with E-state index in [-0.39, 0.29) is 24.4 Å². The SMILES string of the molecule is Cc1ccc(C(CNC(=O)COc2ccc(F)cc2)N2CCOCC2)cc1. The minimum Gasteiger partial charge on any atom is -0.484 e. The van der Waals surface area contributed by atoms with Gasteiger partial charge in [-0.05, 0) is 36.8 Å². The van der Waals surface area contributed by atoms with Crippen molar-refractivity contribution in [2.45, 2.75) is 13.0 Å². The van der Waals surface area contributed by atoms with E-state index in [1.54, 1.807) is 0 Å². The van der Waals surface area contributed by atoms with Crippen molar-refractivity contribution in [3.63, 3.8) is 0 Å². The molecule has 0 aliphatic carbocycles. The number of nitrogens with zero attached hydrogens (tertiary/aromatic N) is 1. The number of amides is 1. The van der Waals surface area contributed by atoms with Gasteiger partial charge in [0.2, 0.25) is 0 Å². The van der Waals surface area contributed by atoms with Gasteiger partial charge >= 0.3 is 0 Å². The lowest BCUT2D eigenvalue weighted by molar-refractivity contribution is -0.123. The van der Waals surface area contributed by atoms with E-state index in [1.807, 2.05) is 0 Å². The van der Waals surface area contributed by atoms with Gasteiger partial charge in [0, 0.05) is 19.6 Å². The molecule has 1 heterocycles. The first-order valence-electron chi connectivity index (χ1n) is 9.15. The Labute approximate surface area is 159 Å². The molecule has 0 radical (unpaired) electrons. The molecule has 3 rings (SSSR count). The molecule has 1 N–H and O–H groups in total. The molecule has 1 atom stereocenters. The number of hydrogen-bond donors (Lipinski definition) is 1. The van der Waals surface area contributed by atoms with Gasteiger partial charge in [-0.2, -0.15) is 0 Å². The van der Waals surface area contributed by atoms with Crippen molar-refractivity contribution >= 4 is 5.91 Å². The van der Waals surface area contributed by atoms with Crippen LogP contribution in [-0.2, 0) is 9.53 Å². The van der Waals surface area contributed by atoms with Gasteiger partial charge in [0.1, 0.15) is 11.6 Å². The van der Waals surface area contributed by atoms with E-state index in [0.717, 1.165) is 13.1 Å². The molecule has 1 aliphatic rings. The Morgan fingerprint density at radius 1 is 1.15 bits per heavy atom. The van der Waals surface area contributed by atoms with Crippen LogP contribution in [0.5, 0.6) is 5.75 Å². The van der Waals surface area contributed by atoms with E-state index >= 15 is 0 Å². The van der Waals surface area contributed by atoms with E-state index in [9.17, 15) is 9.18 Å². The fourth-order valence-corrected chi connectivity index (χ4v) is 3.08. The molecule has 0 saturated carbocycles. The smallest absolute Gasteiger partial charge is 0.258 e. The fourth-order valence-electron chi connectivity index (χ4n) is 3.08. The first kappa shape index (κ1) is 19.3. The van der Waals surface area contributed by atoms with Crippen LogP contribution < -0.4 is 10.1 Å². The zero-order valence-electron chi connectivity index (χ0n) is 15.5. The maximum Gasteiger partial charge on any atom is 0.258 e. The van der Waals surface area contributed by atoms with E-state index in [4.69, 9.17) is 9.47 Å². The molecule has 144 valence electrons. The summed E-state index contributed by atoms with van der Waals surface area (Å²) in [5, 5.41) is 2.95. The number of carbonyl (C=O) groups excluding carboxylic acids is 1. The van der Waals surface area contributed by atoms with Crippen molar-refractivity contribution in [2.24, 2.45) is 0 Å². The molecule has 2 aromatic rings. The van der Waals surface area contributed by atoms with E-state index in [1.165, 1.54) is 35.4 Å². The monoisotopic (exact) mass is 372 g/mol. The highest BCUT2D eigenvalue weighted by Crippen LogP contribution is 2.21. The third-order valence-corrected chi connectivity index (χ3v) is 4.62. The summed E-state index contributed by atoms with van der Waals surface area (Å²) in [6.45, 7) is 5.51. The van der Waals surface area contributed by atoms with E-state index in [0.29, 0.717) is 25.5 Å². The molecule has 2 aromatic carbocycles. The van der Waals surface area contributed by atoms with Crippen molar-refractivity contribution in [3.05, 3.63) is 65.5 Å². The number of hydrogen-bond acceptors (Lipinski definition) is 4. The number of carbonyl (C=O) groups is 1. The summed E-state index contributed by atoms with van der Waals surface area (Å²) in [5.41, 5.74) is 2.37. The summed E-state index contributed by atoms with van der Waals surface area (Å²) in [5.74, 6) is -0.0715. The molecular formula is C21H25FN2O3. The Morgan fingerprint density at radius 3 is 2.48 bits per heavy atom. The Hall–Kier alpha value is -2.44. The second kappa shape index (κ2) is 9.48. The number of aryl methyl sites for hydroxylation is 1. The minimum atomic E-state index is -0.335. The largest absolute Gasteiger partial charge is 0.484 e. The summed E-state index contributed by atoms with van der Waals surface area (Å²) in [7, 11) is 0. The van der Waals surface area contributed by atoms with Gasteiger partial charge in [-0.3, -0.25) is 9.69 Å². The Bertz CT molecular complexity index is 728. The number of morpholine rings is 1. The third kappa shape index (κ3) is 5.77. The molecule has 1 fully saturated rings. The Kier molecular flexibility index (Phi) is 6.79. The first-order valence-corrected chi connectivity index (χ1v) is 9.15. The van der Waals surface area contributed by atoms with Crippen LogP contribution in [0.4, 0.5) is 4.39 Å². The van der Waals surface area contributed by atoms with Crippen LogP contribution in [-0.4, -0.2) is 50.3 Å². The Morgan fingerprint density at radius 2 is 1.81 bits per heavy atom. The predicted octanol–water partition coefficient (Wildman–Crippen LogP) is 2.70. The lowest BCUT2D eigenvalue weighted by Gasteiger charge is -2.35. The van der Waals surface area contributed by atoms with Crippen LogP contribution in [0.3, 0.4) is 0 Å². The third-order valence-electron chi connectivity index (χ3n) is 4.62. The van der Waals surface area contributed by atoms with Crippen LogP contribution >= 0.6 is 0 Å². The average Bonchev–Trinajstić information content (AvgIpc) is 2.70. The molecule has 1 unspecified atom stereocenters. The molecule has 1 aliphatic heterocycles. The summed E-state index contributed by atoms with van der Waals surface area (Å²) in [6.07, 6.45) is 0. The van der Waals surface area contributed by atoms with E-state index in [2.05, 4.69) is 41.4 Å². The van der Waals surface area contributed by atoms with Gasteiger partial charge < -0.3 is 14.8 Å². The molecular weight excluding hydrogens is 347 g/mol. The van der Waals surface area contributed by atoms with Crippen molar-refractivity contribution in [1.82, 2.24) is 10.2 Å². The molecule has 0 aromatic heterocycles. The minimum absolute atomic E-state index is 0.0873. The number of benzene rings is 2. The van der Waals surface area contributed by atoms with Gasteiger partial charge in [0.05, 0.1) is 19.3 Å². The molecule has 0 spiro atoms. The highest BCUT2D eigenvalue weighted by Gasteiger charge is 2.23. The summed E-state index contributed by atoms with van der Waals surface area (Å²) in [6, 6.07) is 14.1. The standard InChI is InChI=1S/C21H25FN2O3/c1-16-2-4-17(5-3-16)20(24-10-12-26-13-11-24)14-23-21(25)15-27-19-8-6-18(22)7-9-19/h2-9,20H,10-15H2,1H3,(H,23,25). The average molecular weight is 372 g/mol. The van der Waals surface area contributed by atoms with Crippen LogP contribution in [0.1, 0.15) is 17.2 Å². The molecule has 1 amide bonds. The molecule has 27 heavy (non-hydrogen) atoms. The molecule has 1 saturated heterocycles. The van der Waals surface area contributed by atoms with Crippen molar-refractivity contribution in [1.29, 1.82) is 0 Å². The topological polar surface area (TPSA) is 50.8 Å². The first-order chi connectivity index (χ1) is 13.1. The second-order valence-electron chi connectivity index (χ2n) is 6.62. The number of rotatable bonds is 7. The maximum absolute atomic E-state index is 12.9. The summed E-state index contributed by atoms with van der Waals surface area (Å²) in [4.78, 5) is 14.5. The van der Waals surface area contributed by atoms with Crippen molar-refractivity contribution in [2.75, 3.05) is 39.5 Å². The Balaban J connectivity index is 1.57. The van der Waals surface area contributed by atoms with Gasteiger partial charge in [-0.25, -0.2) is 4.39 Å². The van der Waals surface area contributed by atoms with Crippen LogP contribution in [0.25, 0.3) is 0 Å². The highest BCUT2D eigenvalue weighted by molar-refractivity contribution is 5.77. The molecule has 6 heteroatoms. The van der Waals surface area contributed by atoms with Crippen LogP contribution in [0.2, 0.25) is 0 Å². The maximum atomic E-state index is 12.9. The number of ether oxygens (including phenoxy) is 2. The second-order valence-corrected chi connectivity index (χ2v) is 6.62. The summed E-state index contributed by atoms with van der Waals surface area (Å²) < 4.78 is 23.8. The van der Waals surface area contributed by atoms with Gasteiger partial charge in [0.15, 0.2) is 6.61 Å².